The second-order valence-corrected chi connectivity index (χ2v) is 2.53. The molecule has 2 heterocycles. The van der Waals surface area contributed by atoms with E-state index in [2.05, 4.69) is 23.0 Å². The highest BCUT2D eigenvalue weighted by molar-refractivity contribution is 6.08. The molecular weight excluding hydrogens is 124 g/mol. The van der Waals surface area contributed by atoms with Crippen LogP contribution >= 0.6 is 0 Å². The Morgan fingerprint density at radius 2 is 2.40 bits per heavy atom. The van der Waals surface area contributed by atoms with Crippen LogP contribution in [0.2, 0.25) is 0 Å². The Balaban J connectivity index is 2.41. The first kappa shape index (κ1) is 5.59. The lowest BCUT2D eigenvalue weighted by molar-refractivity contribution is 1.01. The van der Waals surface area contributed by atoms with Crippen LogP contribution in [0.25, 0.3) is 0 Å². The molecule has 0 saturated heterocycles. The molecule has 2 aliphatic heterocycles. The molecule has 50 valence electrons. The van der Waals surface area contributed by atoms with E-state index in [1.54, 1.807) is 6.20 Å². The number of rotatable bonds is 0. The second-order valence-electron chi connectivity index (χ2n) is 2.53. The molecular formula is C8H8N2. The molecule has 0 fully saturated rings. The number of allylic oxidation sites excluding steroid dienone is 1. The minimum Gasteiger partial charge on any atom is -0.240 e. The maximum atomic E-state index is 4.17. The van der Waals surface area contributed by atoms with Crippen molar-refractivity contribution < 1.29 is 0 Å². The van der Waals surface area contributed by atoms with E-state index in [9.17, 15) is 0 Å². The van der Waals surface area contributed by atoms with Crippen molar-refractivity contribution in [2.75, 3.05) is 0 Å². The molecule has 1 atom stereocenters. The average molecular weight is 132 g/mol. The largest absolute Gasteiger partial charge is 0.240 e. The minimum absolute atomic E-state index is 0.455. The molecule has 0 N–H and O–H groups in total. The fourth-order valence-corrected chi connectivity index (χ4v) is 1.09. The van der Waals surface area contributed by atoms with Crippen molar-refractivity contribution >= 4 is 12.1 Å². The molecule has 0 saturated carbocycles. The topological polar surface area (TPSA) is 24.7 Å². The lowest BCUT2D eigenvalue weighted by atomic mass is 10.1. The summed E-state index contributed by atoms with van der Waals surface area (Å²) in [4.78, 5) is 8.23. The van der Waals surface area contributed by atoms with Gasteiger partial charge in [0.05, 0.1) is 0 Å². The van der Waals surface area contributed by atoms with Crippen molar-refractivity contribution in [3.05, 3.63) is 23.9 Å². The summed E-state index contributed by atoms with van der Waals surface area (Å²) in [5.74, 6) is 1.31. The van der Waals surface area contributed by atoms with Gasteiger partial charge in [0.2, 0.25) is 0 Å². The third-order valence-electron chi connectivity index (χ3n) is 1.58. The maximum absolute atomic E-state index is 4.17. The van der Waals surface area contributed by atoms with Crippen molar-refractivity contribution in [1.29, 1.82) is 0 Å². The SMILES string of the molecule is C[C@@H]1C=NC2=NC=CC2=C1. The number of aliphatic imine (C=N–C) groups is 2. The van der Waals surface area contributed by atoms with E-state index in [0.717, 1.165) is 11.4 Å². The monoisotopic (exact) mass is 132 g/mol. The lowest BCUT2D eigenvalue weighted by Crippen LogP contribution is -2.05. The molecule has 0 radical (unpaired) electrons. The van der Waals surface area contributed by atoms with Crippen LogP contribution in [0.5, 0.6) is 0 Å². The zero-order chi connectivity index (χ0) is 6.97. The molecule has 0 aromatic heterocycles. The summed E-state index contributed by atoms with van der Waals surface area (Å²) in [7, 11) is 0. The molecule has 0 spiro atoms. The zero-order valence-corrected chi connectivity index (χ0v) is 5.78. The highest BCUT2D eigenvalue weighted by Crippen LogP contribution is 2.16. The fourth-order valence-electron chi connectivity index (χ4n) is 1.09. The van der Waals surface area contributed by atoms with E-state index in [-0.39, 0.29) is 0 Å². The second kappa shape index (κ2) is 1.90. The summed E-state index contributed by atoms with van der Waals surface area (Å²) in [6.07, 6.45) is 7.85. The molecule has 0 aromatic carbocycles. The summed E-state index contributed by atoms with van der Waals surface area (Å²) in [6, 6.07) is 0. The number of hydrogen-bond acceptors (Lipinski definition) is 2. The molecule has 2 aliphatic rings. The van der Waals surface area contributed by atoms with Gasteiger partial charge in [-0.05, 0) is 6.08 Å². The van der Waals surface area contributed by atoms with Gasteiger partial charge in [0.15, 0.2) is 5.84 Å². The van der Waals surface area contributed by atoms with Gasteiger partial charge >= 0.3 is 0 Å². The van der Waals surface area contributed by atoms with Crippen LogP contribution in [0.3, 0.4) is 0 Å². The number of amidine groups is 1. The van der Waals surface area contributed by atoms with E-state index in [1.807, 2.05) is 12.3 Å². The summed E-state index contributed by atoms with van der Waals surface area (Å²) in [5.41, 5.74) is 1.16. The quantitative estimate of drug-likeness (QED) is 0.478. The highest BCUT2D eigenvalue weighted by Gasteiger charge is 2.11. The van der Waals surface area contributed by atoms with Crippen LogP contribution in [0.4, 0.5) is 0 Å². The summed E-state index contributed by atoms with van der Waals surface area (Å²) in [6.45, 7) is 2.11. The Labute approximate surface area is 59.7 Å². The first-order chi connectivity index (χ1) is 4.86. The number of nitrogens with zero attached hydrogens (tertiary/aromatic N) is 2. The van der Waals surface area contributed by atoms with Crippen LogP contribution < -0.4 is 0 Å². The van der Waals surface area contributed by atoms with Gasteiger partial charge in [0, 0.05) is 23.9 Å². The zero-order valence-electron chi connectivity index (χ0n) is 5.78. The van der Waals surface area contributed by atoms with Crippen molar-refractivity contribution in [2.45, 2.75) is 6.92 Å². The van der Waals surface area contributed by atoms with Crippen LogP contribution in [-0.2, 0) is 0 Å². The minimum atomic E-state index is 0.455. The van der Waals surface area contributed by atoms with Crippen LogP contribution in [0, 0.1) is 5.92 Å². The smallest absolute Gasteiger partial charge is 0.158 e. The normalized spacial score (nSPS) is 27.9. The van der Waals surface area contributed by atoms with E-state index < -0.39 is 0 Å². The van der Waals surface area contributed by atoms with Gasteiger partial charge in [-0.25, -0.2) is 9.98 Å². The van der Waals surface area contributed by atoms with Gasteiger partial charge in [-0.3, -0.25) is 0 Å². The fraction of sp³-hybridized carbons (Fsp3) is 0.250. The summed E-state index contributed by atoms with van der Waals surface area (Å²) >= 11 is 0. The Hall–Kier alpha value is -1.18. The third-order valence-corrected chi connectivity index (χ3v) is 1.58. The number of hydrogen-bond donors (Lipinski definition) is 0. The molecule has 10 heavy (non-hydrogen) atoms. The Kier molecular flexibility index (Phi) is 1.07. The van der Waals surface area contributed by atoms with Gasteiger partial charge in [0.1, 0.15) is 0 Å². The Bertz CT molecular complexity index is 269. The van der Waals surface area contributed by atoms with Crippen LogP contribution in [0.15, 0.2) is 33.9 Å². The Morgan fingerprint density at radius 1 is 1.50 bits per heavy atom. The maximum Gasteiger partial charge on any atom is 0.158 e. The van der Waals surface area contributed by atoms with E-state index in [0.29, 0.717) is 5.92 Å². The molecule has 2 heteroatoms. The van der Waals surface area contributed by atoms with E-state index in [4.69, 9.17) is 0 Å². The number of dihydropyridines is 1. The Morgan fingerprint density at radius 3 is 3.30 bits per heavy atom. The first-order valence-electron chi connectivity index (χ1n) is 3.37. The van der Waals surface area contributed by atoms with Crippen molar-refractivity contribution in [3.63, 3.8) is 0 Å². The predicted octanol–water partition coefficient (Wildman–Crippen LogP) is 1.56. The van der Waals surface area contributed by atoms with Crippen LogP contribution in [-0.4, -0.2) is 12.1 Å². The van der Waals surface area contributed by atoms with Gasteiger partial charge in [-0.2, -0.15) is 0 Å². The summed E-state index contributed by atoms with van der Waals surface area (Å²) < 4.78 is 0. The molecule has 0 amide bonds. The van der Waals surface area contributed by atoms with E-state index in [1.165, 1.54) is 0 Å². The molecule has 0 unspecified atom stereocenters. The van der Waals surface area contributed by atoms with Crippen molar-refractivity contribution in [1.82, 2.24) is 0 Å². The molecule has 0 aromatic rings. The summed E-state index contributed by atoms with van der Waals surface area (Å²) in [5, 5.41) is 0. The lowest BCUT2D eigenvalue weighted by Gasteiger charge is -2.06. The number of fused-ring (bicyclic) bond motifs is 1. The van der Waals surface area contributed by atoms with Crippen molar-refractivity contribution in [3.8, 4) is 0 Å². The van der Waals surface area contributed by atoms with Gasteiger partial charge in [0.25, 0.3) is 0 Å². The first-order valence-corrected chi connectivity index (χ1v) is 3.37. The highest BCUT2D eigenvalue weighted by atomic mass is 14.9. The van der Waals surface area contributed by atoms with E-state index >= 15 is 0 Å². The average Bonchev–Trinajstić information content (AvgIpc) is 2.33. The van der Waals surface area contributed by atoms with Crippen molar-refractivity contribution in [2.24, 2.45) is 15.9 Å². The molecule has 0 bridgehead atoms. The standard InChI is InChI=1S/C8H8N2/c1-6-4-7-2-3-9-8(7)10-5-6/h2-6H,1H3/t6-/m0/s1. The van der Waals surface area contributed by atoms with Gasteiger partial charge in [-0.15, -0.1) is 0 Å². The van der Waals surface area contributed by atoms with Gasteiger partial charge in [-0.1, -0.05) is 13.0 Å². The predicted molar refractivity (Wildman–Crippen MR) is 42.3 cm³/mol. The molecule has 0 aliphatic carbocycles. The molecule has 2 rings (SSSR count). The van der Waals surface area contributed by atoms with Crippen LogP contribution in [0.1, 0.15) is 6.92 Å². The van der Waals surface area contributed by atoms with Gasteiger partial charge < -0.3 is 0 Å². The third kappa shape index (κ3) is 0.727. The molecule has 2 nitrogen and oxygen atoms in total.